The van der Waals surface area contributed by atoms with Crippen molar-refractivity contribution in [3.05, 3.63) is 91.5 Å². The van der Waals surface area contributed by atoms with E-state index in [9.17, 15) is 14.0 Å². The summed E-state index contributed by atoms with van der Waals surface area (Å²) >= 11 is 5.94. The molecule has 1 unspecified atom stereocenters. The Labute approximate surface area is 172 Å². The van der Waals surface area contributed by atoms with Gasteiger partial charge < -0.3 is 5.32 Å². The first-order valence-corrected chi connectivity index (χ1v) is 9.64. The van der Waals surface area contributed by atoms with Gasteiger partial charge in [0.2, 0.25) is 5.95 Å². The van der Waals surface area contributed by atoms with Crippen LogP contribution in [0.15, 0.2) is 58.1 Å². The molecule has 0 saturated heterocycles. The monoisotopic (exact) mass is 416 g/mol. The molecule has 0 aliphatic rings. The van der Waals surface area contributed by atoms with Gasteiger partial charge in [0.25, 0.3) is 0 Å². The molecule has 29 heavy (non-hydrogen) atoms. The normalized spacial score (nSPS) is 12.2. The van der Waals surface area contributed by atoms with E-state index in [-0.39, 0.29) is 30.4 Å². The van der Waals surface area contributed by atoms with Crippen LogP contribution in [0.3, 0.4) is 0 Å². The standard InChI is InChI=1S/C21H22ClFN4O2/c1-13(2)27-20(28)25-19(24-14(3)16-6-8-17(22)9-7-16)26(21(27)29)12-15-4-10-18(23)11-5-15/h4-11,13-14H,12H2,1-3H3,(H,24,25,28). The minimum Gasteiger partial charge on any atom is -0.349 e. The van der Waals surface area contributed by atoms with Crippen molar-refractivity contribution in [3.8, 4) is 0 Å². The number of hydrogen-bond acceptors (Lipinski definition) is 4. The van der Waals surface area contributed by atoms with Gasteiger partial charge in [0.15, 0.2) is 0 Å². The number of halogens is 2. The highest BCUT2D eigenvalue weighted by atomic mass is 35.5. The molecular weight excluding hydrogens is 395 g/mol. The van der Waals surface area contributed by atoms with E-state index in [4.69, 9.17) is 11.6 Å². The van der Waals surface area contributed by atoms with E-state index in [0.717, 1.165) is 10.1 Å². The molecule has 152 valence electrons. The molecule has 0 fully saturated rings. The number of aromatic nitrogens is 3. The lowest BCUT2D eigenvalue weighted by Crippen LogP contribution is -2.44. The highest BCUT2D eigenvalue weighted by Crippen LogP contribution is 2.19. The van der Waals surface area contributed by atoms with E-state index < -0.39 is 11.4 Å². The van der Waals surface area contributed by atoms with Crippen LogP contribution in [-0.2, 0) is 6.54 Å². The minimum absolute atomic E-state index is 0.148. The van der Waals surface area contributed by atoms with Crippen molar-refractivity contribution in [1.82, 2.24) is 14.1 Å². The van der Waals surface area contributed by atoms with Gasteiger partial charge in [0.1, 0.15) is 5.82 Å². The molecule has 1 heterocycles. The molecule has 0 aliphatic carbocycles. The van der Waals surface area contributed by atoms with Crippen molar-refractivity contribution >= 4 is 17.5 Å². The van der Waals surface area contributed by atoms with Crippen molar-refractivity contribution in [1.29, 1.82) is 0 Å². The van der Waals surface area contributed by atoms with Crippen molar-refractivity contribution in [3.63, 3.8) is 0 Å². The number of anilines is 1. The predicted octanol–water partition coefficient (Wildman–Crippen LogP) is 4.00. The molecule has 3 aromatic rings. The average Bonchev–Trinajstić information content (AvgIpc) is 2.66. The summed E-state index contributed by atoms with van der Waals surface area (Å²) in [6, 6.07) is 12.5. The Kier molecular flexibility index (Phi) is 6.17. The second-order valence-electron chi connectivity index (χ2n) is 7.09. The van der Waals surface area contributed by atoms with Gasteiger partial charge in [-0.15, -0.1) is 0 Å². The zero-order chi connectivity index (χ0) is 21.1. The second-order valence-corrected chi connectivity index (χ2v) is 7.53. The fourth-order valence-electron chi connectivity index (χ4n) is 3.00. The lowest BCUT2D eigenvalue weighted by Gasteiger charge is -2.20. The fourth-order valence-corrected chi connectivity index (χ4v) is 3.13. The van der Waals surface area contributed by atoms with Gasteiger partial charge in [-0.1, -0.05) is 35.9 Å². The molecule has 8 heteroatoms. The molecule has 0 amide bonds. The Morgan fingerprint density at radius 3 is 2.24 bits per heavy atom. The first-order valence-electron chi connectivity index (χ1n) is 9.26. The van der Waals surface area contributed by atoms with Crippen LogP contribution in [0.5, 0.6) is 0 Å². The molecule has 1 aromatic heterocycles. The summed E-state index contributed by atoms with van der Waals surface area (Å²) in [7, 11) is 0. The Hall–Kier alpha value is -2.93. The van der Waals surface area contributed by atoms with Crippen LogP contribution >= 0.6 is 11.6 Å². The maximum atomic E-state index is 13.2. The molecule has 0 saturated carbocycles. The molecule has 0 radical (unpaired) electrons. The number of nitrogens with zero attached hydrogens (tertiary/aromatic N) is 3. The van der Waals surface area contributed by atoms with Gasteiger partial charge >= 0.3 is 11.4 Å². The summed E-state index contributed by atoms with van der Waals surface area (Å²) in [5.74, 6) is -0.204. The van der Waals surface area contributed by atoms with E-state index in [1.54, 1.807) is 38.1 Å². The van der Waals surface area contributed by atoms with Crippen LogP contribution in [0.4, 0.5) is 10.3 Å². The molecule has 2 aromatic carbocycles. The molecule has 6 nitrogen and oxygen atoms in total. The Morgan fingerprint density at radius 2 is 1.66 bits per heavy atom. The van der Waals surface area contributed by atoms with Gasteiger partial charge in [0.05, 0.1) is 12.6 Å². The van der Waals surface area contributed by atoms with E-state index in [1.807, 2.05) is 19.1 Å². The van der Waals surface area contributed by atoms with Gasteiger partial charge in [-0.05, 0) is 56.2 Å². The SMILES string of the molecule is CC(Nc1nc(=O)n(C(C)C)c(=O)n1Cc1ccc(F)cc1)c1ccc(Cl)cc1. The van der Waals surface area contributed by atoms with E-state index in [1.165, 1.54) is 16.7 Å². The van der Waals surface area contributed by atoms with Crippen LogP contribution in [0.25, 0.3) is 0 Å². The number of benzene rings is 2. The first kappa shape index (κ1) is 20.8. The molecule has 0 spiro atoms. The van der Waals surface area contributed by atoms with Crippen molar-refractivity contribution in [2.75, 3.05) is 5.32 Å². The summed E-state index contributed by atoms with van der Waals surface area (Å²) in [6.45, 7) is 5.53. The summed E-state index contributed by atoms with van der Waals surface area (Å²) in [4.78, 5) is 29.6. The van der Waals surface area contributed by atoms with Crippen molar-refractivity contribution in [2.24, 2.45) is 0 Å². The van der Waals surface area contributed by atoms with Crippen LogP contribution in [0.2, 0.25) is 5.02 Å². The Balaban J connectivity index is 2.04. The smallest absolute Gasteiger partial charge is 0.349 e. The Morgan fingerprint density at radius 1 is 1.03 bits per heavy atom. The maximum Gasteiger partial charge on any atom is 0.355 e. The number of nitrogens with one attached hydrogen (secondary N) is 1. The summed E-state index contributed by atoms with van der Waals surface area (Å²) in [6.07, 6.45) is 0. The van der Waals surface area contributed by atoms with Gasteiger partial charge in [0, 0.05) is 11.1 Å². The Bertz CT molecular complexity index is 1110. The second kappa shape index (κ2) is 8.61. The average molecular weight is 417 g/mol. The molecule has 1 N–H and O–H groups in total. The maximum absolute atomic E-state index is 13.2. The minimum atomic E-state index is -0.619. The molecule has 1 atom stereocenters. The highest BCUT2D eigenvalue weighted by molar-refractivity contribution is 6.30. The number of hydrogen-bond donors (Lipinski definition) is 1. The predicted molar refractivity (Wildman–Crippen MR) is 112 cm³/mol. The van der Waals surface area contributed by atoms with E-state index in [2.05, 4.69) is 10.3 Å². The zero-order valence-corrected chi connectivity index (χ0v) is 17.2. The summed E-state index contributed by atoms with van der Waals surface area (Å²) in [5.41, 5.74) is 0.540. The first-order chi connectivity index (χ1) is 13.8. The lowest BCUT2D eigenvalue weighted by atomic mass is 10.1. The quantitative estimate of drug-likeness (QED) is 0.659. The molecular formula is C21H22ClFN4O2. The van der Waals surface area contributed by atoms with Crippen molar-refractivity contribution < 1.29 is 4.39 Å². The van der Waals surface area contributed by atoms with Crippen LogP contribution in [0.1, 0.15) is 44.0 Å². The van der Waals surface area contributed by atoms with Crippen LogP contribution in [-0.4, -0.2) is 14.1 Å². The number of rotatable bonds is 6. The highest BCUT2D eigenvalue weighted by Gasteiger charge is 2.17. The lowest BCUT2D eigenvalue weighted by molar-refractivity contribution is 0.494. The van der Waals surface area contributed by atoms with Gasteiger partial charge in [-0.3, -0.25) is 4.57 Å². The molecule has 3 rings (SSSR count). The summed E-state index contributed by atoms with van der Waals surface area (Å²) in [5, 5.41) is 3.76. The summed E-state index contributed by atoms with van der Waals surface area (Å²) < 4.78 is 15.7. The third-order valence-corrected chi connectivity index (χ3v) is 4.84. The fraction of sp³-hybridized carbons (Fsp3) is 0.286. The van der Waals surface area contributed by atoms with E-state index >= 15 is 0 Å². The molecule has 0 bridgehead atoms. The third-order valence-electron chi connectivity index (χ3n) is 4.59. The molecule has 0 aliphatic heterocycles. The van der Waals surface area contributed by atoms with Crippen LogP contribution < -0.4 is 16.7 Å². The van der Waals surface area contributed by atoms with Gasteiger partial charge in [-0.2, -0.15) is 4.98 Å². The third kappa shape index (κ3) is 4.74. The van der Waals surface area contributed by atoms with E-state index in [0.29, 0.717) is 10.6 Å². The zero-order valence-electron chi connectivity index (χ0n) is 16.4. The topological polar surface area (TPSA) is 68.9 Å². The van der Waals surface area contributed by atoms with Crippen LogP contribution in [0, 0.1) is 5.82 Å². The van der Waals surface area contributed by atoms with Gasteiger partial charge in [-0.25, -0.2) is 18.5 Å². The largest absolute Gasteiger partial charge is 0.355 e. The van der Waals surface area contributed by atoms with Crippen molar-refractivity contribution in [2.45, 2.75) is 39.4 Å².